The van der Waals surface area contributed by atoms with Crippen LogP contribution in [0.15, 0.2) is 48.5 Å². The van der Waals surface area contributed by atoms with Gasteiger partial charge >= 0.3 is 0 Å². The van der Waals surface area contributed by atoms with Gasteiger partial charge in [-0.3, -0.25) is 9.69 Å². The zero-order valence-corrected chi connectivity index (χ0v) is 14.1. The second-order valence-electron chi connectivity index (χ2n) is 6.06. The van der Waals surface area contributed by atoms with Crippen LogP contribution in [0.25, 0.3) is 11.1 Å². The van der Waals surface area contributed by atoms with E-state index in [0.717, 1.165) is 44.8 Å². The van der Waals surface area contributed by atoms with Gasteiger partial charge in [0.2, 0.25) is 0 Å². The van der Waals surface area contributed by atoms with Gasteiger partial charge in [-0.15, -0.1) is 0 Å². The molecule has 0 radical (unpaired) electrons. The van der Waals surface area contributed by atoms with E-state index in [-0.39, 0.29) is 5.91 Å². The third-order valence-electron chi connectivity index (χ3n) is 4.48. The van der Waals surface area contributed by atoms with Crippen LogP contribution >= 0.6 is 0 Å². The lowest BCUT2D eigenvalue weighted by atomic mass is 10.0. The highest BCUT2D eigenvalue weighted by molar-refractivity contribution is 5.94. The Labute approximate surface area is 143 Å². The number of hydrogen-bond acceptors (Lipinski definition) is 3. The van der Waals surface area contributed by atoms with Crippen molar-refractivity contribution in [2.45, 2.75) is 6.42 Å². The molecule has 1 aliphatic rings. The van der Waals surface area contributed by atoms with E-state index in [1.54, 1.807) is 7.05 Å². The highest BCUT2D eigenvalue weighted by Gasteiger charge is 2.10. The smallest absolute Gasteiger partial charge is 0.251 e. The van der Waals surface area contributed by atoms with Crippen LogP contribution in [0, 0.1) is 0 Å². The molecule has 4 heteroatoms. The summed E-state index contributed by atoms with van der Waals surface area (Å²) in [7, 11) is 1.64. The maximum atomic E-state index is 11.6. The van der Waals surface area contributed by atoms with Gasteiger partial charge in [0, 0.05) is 32.2 Å². The van der Waals surface area contributed by atoms with Crippen molar-refractivity contribution in [2.24, 2.45) is 0 Å². The quantitative estimate of drug-likeness (QED) is 0.919. The summed E-state index contributed by atoms with van der Waals surface area (Å²) in [5.41, 5.74) is 4.34. The second-order valence-corrected chi connectivity index (χ2v) is 6.06. The molecule has 1 fully saturated rings. The van der Waals surface area contributed by atoms with Crippen LogP contribution in [0.4, 0.5) is 0 Å². The number of hydrogen-bond donors (Lipinski definition) is 1. The molecule has 1 aliphatic heterocycles. The van der Waals surface area contributed by atoms with Crippen LogP contribution in [-0.4, -0.2) is 50.7 Å². The summed E-state index contributed by atoms with van der Waals surface area (Å²) in [6.07, 6.45) is 1.07. The first-order valence-corrected chi connectivity index (χ1v) is 8.48. The Morgan fingerprint density at radius 1 is 1.00 bits per heavy atom. The van der Waals surface area contributed by atoms with Crippen molar-refractivity contribution in [1.29, 1.82) is 0 Å². The van der Waals surface area contributed by atoms with Crippen LogP contribution in [0.2, 0.25) is 0 Å². The zero-order chi connectivity index (χ0) is 16.8. The van der Waals surface area contributed by atoms with E-state index in [0.29, 0.717) is 5.56 Å². The molecular formula is C20H24N2O2. The minimum absolute atomic E-state index is 0.0555. The number of nitrogens with one attached hydrogen (secondary N) is 1. The SMILES string of the molecule is CNC(=O)c1ccc(-c2ccc(CCN3CCOCC3)cc2)cc1. The van der Waals surface area contributed by atoms with E-state index >= 15 is 0 Å². The summed E-state index contributed by atoms with van der Waals surface area (Å²) in [5.74, 6) is -0.0555. The molecule has 126 valence electrons. The van der Waals surface area contributed by atoms with Gasteiger partial charge in [0.15, 0.2) is 0 Å². The van der Waals surface area contributed by atoms with Gasteiger partial charge in [-0.1, -0.05) is 36.4 Å². The van der Waals surface area contributed by atoms with Crippen LogP contribution in [0.5, 0.6) is 0 Å². The molecule has 0 bridgehead atoms. The maximum absolute atomic E-state index is 11.6. The average Bonchev–Trinajstić information content (AvgIpc) is 2.67. The van der Waals surface area contributed by atoms with Crippen molar-refractivity contribution in [3.8, 4) is 11.1 Å². The van der Waals surface area contributed by atoms with Crippen molar-refractivity contribution in [3.63, 3.8) is 0 Å². The molecule has 1 saturated heterocycles. The minimum atomic E-state index is -0.0555. The molecule has 0 saturated carbocycles. The fraction of sp³-hybridized carbons (Fsp3) is 0.350. The van der Waals surface area contributed by atoms with E-state index in [1.807, 2.05) is 24.3 Å². The third kappa shape index (κ3) is 4.22. The predicted octanol–water partition coefficient (Wildman–Crippen LogP) is 2.59. The molecule has 1 N–H and O–H groups in total. The van der Waals surface area contributed by atoms with Gasteiger partial charge in [-0.2, -0.15) is 0 Å². The molecule has 0 aliphatic carbocycles. The maximum Gasteiger partial charge on any atom is 0.251 e. The third-order valence-corrected chi connectivity index (χ3v) is 4.48. The zero-order valence-electron chi connectivity index (χ0n) is 14.1. The first-order chi connectivity index (χ1) is 11.8. The number of ether oxygens (including phenoxy) is 1. The lowest BCUT2D eigenvalue weighted by molar-refractivity contribution is 0.0384. The molecule has 0 spiro atoms. The Morgan fingerprint density at radius 3 is 2.17 bits per heavy atom. The number of carbonyl (C=O) groups is 1. The average molecular weight is 324 g/mol. The van der Waals surface area contributed by atoms with E-state index in [9.17, 15) is 4.79 Å². The molecule has 0 atom stereocenters. The Kier molecular flexibility index (Phi) is 5.62. The Balaban J connectivity index is 1.60. The van der Waals surface area contributed by atoms with Gasteiger partial charge in [-0.25, -0.2) is 0 Å². The lowest BCUT2D eigenvalue weighted by Crippen LogP contribution is -2.37. The van der Waals surface area contributed by atoms with Crippen molar-refractivity contribution in [2.75, 3.05) is 39.9 Å². The summed E-state index contributed by atoms with van der Waals surface area (Å²) in [5, 5.41) is 2.64. The fourth-order valence-electron chi connectivity index (χ4n) is 2.93. The van der Waals surface area contributed by atoms with Gasteiger partial charge in [0.1, 0.15) is 0 Å². The molecule has 2 aromatic rings. The van der Waals surface area contributed by atoms with Gasteiger partial charge in [-0.05, 0) is 35.2 Å². The Bertz CT molecular complexity index is 659. The topological polar surface area (TPSA) is 41.6 Å². The summed E-state index contributed by atoms with van der Waals surface area (Å²) < 4.78 is 5.38. The number of nitrogens with zero attached hydrogens (tertiary/aromatic N) is 1. The predicted molar refractivity (Wildman–Crippen MR) is 96.2 cm³/mol. The summed E-state index contributed by atoms with van der Waals surface area (Å²) >= 11 is 0. The van der Waals surface area contributed by atoms with Crippen LogP contribution in [-0.2, 0) is 11.2 Å². The van der Waals surface area contributed by atoms with Crippen molar-refractivity contribution >= 4 is 5.91 Å². The molecule has 2 aromatic carbocycles. The first kappa shape index (κ1) is 16.7. The van der Waals surface area contributed by atoms with E-state index in [1.165, 1.54) is 11.1 Å². The van der Waals surface area contributed by atoms with Gasteiger partial charge in [0.05, 0.1) is 13.2 Å². The van der Waals surface area contributed by atoms with Crippen molar-refractivity contribution in [3.05, 3.63) is 59.7 Å². The Morgan fingerprint density at radius 2 is 1.58 bits per heavy atom. The molecular weight excluding hydrogens is 300 g/mol. The number of amides is 1. The molecule has 0 aromatic heterocycles. The molecule has 1 heterocycles. The lowest BCUT2D eigenvalue weighted by Gasteiger charge is -2.26. The Hall–Kier alpha value is -2.17. The van der Waals surface area contributed by atoms with Crippen molar-refractivity contribution in [1.82, 2.24) is 10.2 Å². The number of rotatable bonds is 5. The number of benzene rings is 2. The first-order valence-electron chi connectivity index (χ1n) is 8.48. The van der Waals surface area contributed by atoms with E-state index < -0.39 is 0 Å². The van der Waals surface area contributed by atoms with Crippen molar-refractivity contribution < 1.29 is 9.53 Å². The van der Waals surface area contributed by atoms with E-state index in [4.69, 9.17) is 4.74 Å². The fourth-order valence-corrected chi connectivity index (χ4v) is 2.93. The van der Waals surface area contributed by atoms with Gasteiger partial charge < -0.3 is 10.1 Å². The molecule has 1 amide bonds. The normalized spacial score (nSPS) is 15.2. The van der Waals surface area contributed by atoms with Crippen LogP contribution in [0.3, 0.4) is 0 Å². The monoisotopic (exact) mass is 324 g/mol. The summed E-state index contributed by atoms with van der Waals surface area (Å²) in [6.45, 7) is 4.87. The highest BCUT2D eigenvalue weighted by atomic mass is 16.5. The second kappa shape index (κ2) is 8.08. The highest BCUT2D eigenvalue weighted by Crippen LogP contribution is 2.20. The summed E-state index contributed by atoms with van der Waals surface area (Å²) in [4.78, 5) is 14.0. The summed E-state index contributed by atoms with van der Waals surface area (Å²) in [6, 6.07) is 16.4. The molecule has 3 rings (SSSR count). The molecule has 24 heavy (non-hydrogen) atoms. The minimum Gasteiger partial charge on any atom is -0.379 e. The van der Waals surface area contributed by atoms with E-state index in [2.05, 4.69) is 34.5 Å². The van der Waals surface area contributed by atoms with Crippen LogP contribution < -0.4 is 5.32 Å². The molecule has 0 unspecified atom stereocenters. The largest absolute Gasteiger partial charge is 0.379 e. The van der Waals surface area contributed by atoms with Crippen LogP contribution in [0.1, 0.15) is 15.9 Å². The number of morpholine rings is 1. The number of carbonyl (C=O) groups excluding carboxylic acids is 1. The molecule has 4 nitrogen and oxygen atoms in total. The standard InChI is InChI=1S/C20H24N2O2/c1-21-20(23)19-8-6-18(7-9-19)17-4-2-16(3-5-17)10-11-22-12-14-24-15-13-22/h2-9H,10-15H2,1H3,(H,21,23). The van der Waals surface area contributed by atoms with Gasteiger partial charge in [0.25, 0.3) is 5.91 Å².